The highest BCUT2D eigenvalue weighted by Gasteiger charge is 2.21. The summed E-state index contributed by atoms with van der Waals surface area (Å²) in [6.07, 6.45) is 6.60. The number of nitrogens with zero attached hydrogens (tertiary/aromatic N) is 2. The van der Waals surface area contributed by atoms with Crippen LogP contribution in [0.4, 0.5) is 11.4 Å². The van der Waals surface area contributed by atoms with Crippen LogP contribution >= 0.6 is 48.8 Å². The molecule has 32 heavy (non-hydrogen) atoms. The van der Waals surface area contributed by atoms with E-state index in [1.807, 2.05) is 18.3 Å². The standard InChI is InChI=1S/C24H29ClN4.3ClH/c1-29(2)21-10-3-17(4-11-21)16-27-19-6-8-20(9-7-19)28-23-13-14-26-24-15-18(25)5-12-22(23)24;;;/h3-5,10-15,19-20,27H,6-9,16H2,1-2H3,(H,26,28);3*1H/t19-,20-;;;. The molecule has 1 fully saturated rings. The lowest BCUT2D eigenvalue weighted by molar-refractivity contribution is 0.353. The van der Waals surface area contributed by atoms with Gasteiger partial charge in [-0.1, -0.05) is 23.7 Å². The van der Waals surface area contributed by atoms with E-state index in [0.29, 0.717) is 12.1 Å². The van der Waals surface area contributed by atoms with Crippen molar-refractivity contribution in [3.63, 3.8) is 0 Å². The molecule has 0 aliphatic heterocycles. The molecule has 0 radical (unpaired) electrons. The quantitative estimate of drug-likeness (QED) is 0.380. The van der Waals surface area contributed by atoms with E-state index in [2.05, 4.69) is 71.0 Å². The lowest BCUT2D eigenvalue weighted by Crippen LogP contribution is -2.36. The zero-order valence-electron chi connectivity index (χ0n) is 18.4. The van der Waals surface area contributed by atoms with Gasteiger partial charge in [0, 0.05) is 60.7 Å². The molecule has 0 saturated heterocycles. The second-order valence-electron chi connectivity index (χ2n) is 8.15. The topological polar surface area (TPSA) is 40.2 Å². The Labute approximate surface area is 214 Å². The first-order chi connectivity index (χ1) is 14.1. The normalized spacial score (nSPS) is 17.5. The van der Waals surface area contributed by atoms with Gasteiger partial charge in [0.05, 0.1) is 5.52 Å². The van der Waals surface area contributed by atoms with Crippen molar-refractivity contribution >= 4 is 71.1 Å². The van der Waals surface area contributed by atoms with Gasteiger partial charge in [0.1, 0.15) is 0 Å². The summed E-state index contributed by atoms with van der Waals surface area (Å²) in [6.45, 7) is 0.937. The number of nitrogens with one attached hydrogen (secondary N) is 2. The highest BCUT2D eigenvalue weighted by molar-refractivity contribution is 6.31. The van der Waals surface area contributed by atoms with E-state index in [9.17, 15) is 0 Å². The molecule has 0 bridgehead atoms. The summed E-state index contributed by atoms with van der Waals surface area (Å²) >= 11 is 6.10. The van der Waals surface area contributed by atoms with Gasteiger partial charge in [-0.3, -0.25) is 4.98 Å². The van der Waals surface area contributed by atoms with Crippen LogP contribution < -0.4 is 15.5 Å². The molecular formula is C24H32Cl4N4. The number of hydrogen-bond donors (Lipinski definition) is 2. The van der Waals surface area contributed by atoms with Gasteiger partial charge in [0.15, 0.2) is 0 Å². The Hall–Kier alpha value is -1.43. The van der Waals surface area contributed by atoms with Gasteiger partial charge in [-0.25, -0.2) is 0 Å². The fraction of sp³-hybridized carbons (Fsp3) is 0.375. The molecule has 0 spiro atoms. The summed E-state index contributed by atoms with van der Waals surface area (Å²) < 4.78 is 0. The summed E-state index contributed by atoms with van der Waals surface area (Å²) in [4.78, 5) is 6.57. The largest absolute Gasteiger partial charge is 0.382 e. The van der Waals surface area contributed by atoms with Crippen LogP contribution in [-0.4, -0.2) is 31.2 Å². The van der Waals surface area contributed by atoms with Gasteiger partial charge in [-0.15, -0.1) is 37.2 Å². The molecule has 2 N–H and O–H groups in total. The molecule has 176 valence electrons. The molecule has 1 aromatic heterocycles. The summed E-state index contributed by atoms with van der Waals surface area (Å²) in [5.41, 5.74) is 4.69. The third kappa shape index (κ3) is 7.29. The number of fused-ring (bicyclic) bond motifs is 1. The van der Waals surface area contributed by atoms with Crippen LogP contribution in [0.1, 0.15) is 31.2 Å². The monoisotopic (exact) mass is 516 g/mol. The lowest BCUT2D eigenvalue weighted by atomic mass is 9.90. The second kappa shape index (κ2) is 13.3. The highest BCUT2D eigenvalue weighted by Crippen LogP contribution is 2.28. The molecule has 4 rings (SSSR count). The predicted molar refractivity (Wildman–Crippen MR) is 146 cm³/mol. The first-order valence-corrected chi connectivity index (χ1v) is 10.8. The highest BCUT2D eigenvalue weighted by atomic mass is 35.5. The van der Waals surface area contributed by atoms with Gasteiger partial charge >= 0.3 is 0 Å². The van der Waals surface area contributed by atoms with Crippen LogP contribution in [-0.2, 0) is 6.54 Å². The van der Waals surface area contributed by atoms with E-state index < -0.39 is 0 Å². The Balaban J connectivity index is 0.00000171. The van der Waals surface area contributed by atoms with Crippen molar-refractivity contribution in [1.29, 1.82) is 0 Å². The molecule has 8 heteroatoms. The maximum Gasteiger partial charge on any atom is 0.0737 e. The number of hydrogen-bond acceptors (Lipinski definition) is 4. The SMILES string of the molecule is CN(C)c1ccc(CN[C@H]2CC[C@H](Nc3ccnc4cc(Cl)ccc34)CC2)cc1.Cl.Cl.Cl. The molecule has 0 unspecified atom stereocenters. The summed E-state index contributed by atoms with van der Waals surface area (Å²) in [6, 6.07) is 17.9. The van der Waals surface area contributed by atoms with Crippen molar-refractivity contribution < 1.29 is 0 Å². The van der Waals surface area contributed by atoms with Crippen molar-refractivity contribution in [3.8, 4) is 0 Å². The molecule has 1 saturated carbocycles. The third-order valence-corrected chi connectivity index (χ3v) is 6.07. The Kier molecular flexibility index (Phi) is 11.9. The van der Waals surface area contributed by atoms with Crippen molar-refractivity contribution in [2.75, 3.05) is 24.3 Å². The third-order valence-electron chi connectivity index (χ3n) is 5.84. The van der Waals surface area contributed by atoms with E-state index in [-0.39, 0.29) is 37.2 Å². The molecular weight excluding hydrogens is 486 g/mol. The fourth-order valence-corrected chi connectivity index (χ4v) is 4.25. The molecule has 4 nitrogen and oxygen atoms in total. The Morgan fingerprint density at radius 2 is 1.56 bits per heavy atom. The van der Waals surface area contributed by atoms with Crippen LogP contribution in [0.5, 0.6) is 0 Å². The van der Waals surface area contributed by atoms with E-state index in [1.54, 1.807) is 0 Å². The molecule has 1 heterocycles. The minimum atomic E-state index is 0. The molecule has 2 aromatic carbocycles. The van der Waals surface area contributed by atoms with Gasteiger partial charge in [0.2, 0.25) is 0 Å². The number of rotatable bonds is 6. The summed E-state index contributed by atoms with van der Waals surface area (Å²) in [5.74, 6) is 0. The zero-order chi connectivity index (χ0) is 20.2. The second-order valence-corrected chi connectivity index (χ2v) is 8.59. The number of benzene rings is 2. The Morgan fingerprint density at radius 1 is 0.906 bits per heavy atom. The van der Waals surface area contributed by atoms with E-state index in [1.165, 1.54) is 36.9 Å². The van der Waals surface area contributed by atoms with Crippen LogP contribution in [0.25, 0.3) is 10.9 Å². The minimum absolute atomic E-state index is 0. The van der Waals surface area contributed by atoms with E-state index in [0.717, 1.165) is 28.2 Å². The zero-order valence-corrected chi connectivity index (χ0v) is 21.6. The summed E-state index contributed by atoms with van der Waals surface area (Å²) in [7, 11) is 4.15. The van der Waals surface area contributed by atoms with E-state index in [4.69, 9.17) is 11.6 Å². The van der Waals surface area contributed by atoms with Crippen LogP contribution in [0.2, 0.25) is 5.02 Å². The van der Waals surface area contributed by atoms with Crippen molar-refractivity contribution in [1.82, 2.24) is 10.3 Å². The number of pyridine rings is 1. The Bertz CT molecular complexity index is 958. The van der Waals surface area contributed by atoms with Gasteiger partial charge in [0.25, 0.3) is 0 Å². The number of anilines is 2. The number of aromatic nitrogens is 1. The molecule has 3 aromatic rings. The maximum absolute atomic E-state index is 6.10. The molecule has 0 atom stereocenters. The van der Waals surface area contributed by atoms with Gasteiger partial charge < -0.3 is 15.5 Å². The van der Waals surface area contributed by atoms with Crippen molar-refractivity contribution in [2.45, 2.75) is 44.3 Å². The predicted octanol–water partition coefficient (Wildman–Crippen LogP) is 6.73. The van der Waals surface area contributed by atoms with Gasteiger partial charge in [-0.05, 0) is 67.6 Å². The van der Waals surface area contributed by atoms with Crippen LogP contribution in [0, 0.1) is 0 Å². The van der Waals surface area contributed by atoms with Gasteiger partial charge in [-0.2, -0.15) is 0 Å². The molecule has 0 amide bonds. The van der Waals surface area contributed by atoms with Crippen LogP contribution in [0.3, 0.4) is 0 Å². The van der Waals surface area contributed by atoms with Crippen molar-refractivity contribution in [3.05, 3.63) is 65.3 Å². The molecule has 1 aliphatic carbocycles. The fourth-order valence-electron chi connectivity index (χ4n) is 4.08. The first-order valence-electron chi connectivity index (χ1n) is 10.4. The Morgan fingerprint density at radius 3 is 2.22 bits per heavy atom. The van der Waals surface area contributed by atoms with E-state index >= 15 is 0 Å². The maximum atomic E-state index is 6.10. The average Bonchev–Trinajstić information content (AvgIpc) is 2.73. The van der Waals surface area contributed by atoms with Crippen molar-refractivity contribution in [2.24, 2.45) is 0 Å². The van der Waals surface area contributed by atoms with Crippen LogP contribution in [0.15, 0.2) is 54.7 Å². The average molecular weight is 518 g/mol. The summed E-state index contributed by atoms with van der Waals surface area (Å²) in [5, 5.41) is 9.34. The lowest BCUT2D eigenvalue weighted by Gasteiger charge is -2.30. The minimum Gasteiger partial charge on any atom is -0.382 e. The smallest absolute Gasteiger partial charge is 0.0737 e. The number of halogens is 4. The first kappa shape index (κ1) is 28.6. The molecule has 1 aliphatic rings.